The van der Waals surface area contributed by atoms with Gasteiger partial charge in [-0.15, -0.1) is 0 Å². The zero-order chi connectivity index (χ0) is 14.8. The highest BCUT2D eigenvalue weighted by molar-refractivity contribution is 5.85. The van der Waals surface area contributed by atoms with Gasteiger partial charge in [0.1, 0.15) is 5.82 Å². The molecule has 0 bridgehead atoms. The van der Waals surface area contributed by atoms with Gasteiger partial charge in [-0.3, -0.25) is 4.79 Å². The highest BCUT2D eigenvalue weighted by atomic mass is 19.1. The second kappa shape index (κ2) is 5.40. The Labute approximate surface area is 121 Å². The molecular formula is C17H15FN2O. The molecular weight excluding hydrogens is 267 g/mol. The van der Waals surface area contributed by atoms with Crippen LogP contribution in [0, 0.1) is 5.82 Å². The van der Waals surface area contributed by atoms with Crippen LogP contribution in [0.4, 0.5) is 10.1 Å². The average molecular weight is 282 g/mol. The molecule has 1 heterocycles. The van der Waals surface area contributed by atoms with Crippen LogP contribution in [0.3, 0.4) is 0 Å². The maximum atomic E-state index is 14.3. The number of aromatic nitrogens is 1. The summed E-state index contributed by atoms with van der Waals surface area (Å²) in [5.41, 5.74) is 1.31. The Bertz CT molecular complexity index is 827. The van der Waals surface area contributed by atoms with Crippen LogP contribution in [0.5, 0.6) is 0 Å². The molecule has 0 aliphatic rings. The topological polar surface area (TPSA) is 36.1 Å². The first-order valence-electron chi connectivity index (χ1n) is 6.71. The lowest BCUT2D eigenvalue weighted by Crippen LogP contribution is -2.18. The van der Waals surface area contributed by atoms with E-state index < -0.39 is 5.82 Å². The lowest BCUT2D eigenvalue weighted by atomic mass is 10.1. The number of aromatic amines is 1. The van der Waals surface area contributed by atoms with Crippen molar-refractivity contribution in [2.24, 2.45) is 0 Å². The molecule has 2 aromatic carbocycles. The second-order valence-corrected chi connectivity index (χ2v) is 5.04. The van der Waals surface area contributed by atoms with E-state index in [9.17, 15) is 9.18 Å². The maximum absolute atomic E-state index is 14.3. The summed E-state index contributed by atoms with van der Waals surface area (Å²) in [6, 6.07) is 14.6. The van der Waals surface area contributed by atoms with Crippen molar-refractivity contribution in [2.45, 2.75) is 6.54 Å². The molecule has 0 atom stereocenters. The number of fused-ring (bicyclic) bond motifs is 1. The normalized spacial score (nSPS) is 10.8. The van der Waals surface area contributed by atoms with E-state index in [2.05, 4.69) is 4.98 Å². The third kappa shape index (κ3) is 2.65. The van der Waals surface area contributed by atoms with Crippen LogP contribution in [0.15, 0.2) is 59.5 Å². The molecule has 106 valence electrons. The number of benzene rings is 2. The third-order valence-corrected chi connectivity index (χ3v) is 3.51. The molecule has 1 aromatic heterocycles. The van der Waals surface area contributed by atoms with Crippen molar-refractivity contribution < 1.29 is 4.39 Å². The molecule has 0 saturated carbocycles. The number of hydrogen-bond donors (Lipinski definition) is 1. The van der Waals surface area contributed by atoms with Crippen LogP contribution in [0.25, 0.3) is 10.8 Å². The molecule has 3 nitrogen and oxygen atoms in total. The molecule has 3 rings (SSSR count). The fourth-order valence-electron chi connectivity index (χ4n) is 2.43. The van der Waals surface area contributed by atoms with Crippen molar-refractivity contribution in [1.82, 2.24) is 4.98 Å². The summed E-state index contributed by atoms with van der Waals surface area (Å²) in [6.45, 7) is 0.604. The minimum absolute atomic E-state index is 0.274. The van der Waals surface area contributed by atoms with Gasteiger partial charge in [0.2, 0.25) is 0 Å². The SMILES string of the molecule is CN(Cc1ccccc1)c1cc2cc[nH]c(=O)c2cc1F. The van der Waals surface area contributed by atoms with E-state index in [0.717, 1.165) is 10.9 Å². The van der Waals surface area contributed by atoms with Gasteiger partial charge >= 0.3 is 0 Å². The minimum Gasteiger partial charge on any atom is -0.368 e. The van der Waals surface area contributed by atoms with Gasteiger partial charge in [0, 0.05) is 19.8 Å². The number of halogens is 1. The standard InChI is InChI=1S/C17H15FN2O/c1-20(11-12-5-3-2-4-6-12)16-9-13-7-8-19-17(21)14(13)10-15(16)18/h2-10H,11H2,1H3,(H,19,21). The first-order chi connectivity index (χ1) is 10.1. The van der Waals surface area contributed by atoms with Crippen molar-refractivity contribution in [3.63, 3.8) is 0 Å². The fourth-order valence-corrected chi connectivity index (χ4v) is 2.43. The van der Waals surface area contributed by atoms with Gasteiger partial charge in [-0.1, -0.05) is 30.3 Å². The lowest BCUT2D eigenvalue weighted by molar-refractivity contribution is 0.624. The third-order valence-electron chi connectivity index (χ3n) is 3.51. The Morgan fingerprint density at radius 2 is 1.90 bits per heavy atom. The van der Waals surface area contributed by atoms with E-state index in [1.54, 1.807) is 18.3 Å². The van der Waals surface area contributed by atoms with E-state index in [1.165, 1.54) is 6.07 Å². The van der Waals surface area contributed by atoms with E-state index in [-0.39, 0.29) is 5.56 Å². The number of anilines is 1. The first-order valence-corrected chi connectivity index (χ1v) is 6.71. The van der Waals surface area contributed by atoms with E-state index in [1.807, 2.05) is 42.3 Å². The summed E-state index contributed by atoms with van der Waals surface area (Å²) in [4.78, 5) is 16.1. The number of H-pyrrole nitrogens is 1. The molecule has 3 aromatic rings. The lowest BCUT2D eigenvalue weighted by Gasteiger charge is -2.20. The van der Waals surface area contributed by atoms with Crippen LogP contribution in [-0.4, -0.2) is 12.0 Å². The molecule has 0 radical (unpaired) electrons. The molecule has 0 amide bonds. The highest BCUT2D eigenvalue weighted by Crippen LogP contribution is 2.24. The van der Waals surface area contributed by atoms with Crippen LogP contribution >= 0.6 is 0 Å². The molecule has 4 heteroatoms. The second-order valence-electron chi connectivity index (χ2n) is 5.04. The Morgan fingerprint density at radius 3 is 2.67 bits per heavy atom. The predicted octanol–water partition coefficient (Wildman–Crippen LogP) is 3.30. The van der Waals surface area contributed by atoms with Crippen LogP contribution in [-0.2, 0) is 6.54 Å². The number of nitrogens with one attached hydrogen (secondary N) is 1. The number of hydrogen-bond acceptors (Lipinski definition) is 2. The minimum atomic E-state index is -0.391. The quantitative estimate of drug-likeness (QED) is 0.800. The molecule has 21 heavy (non-hydrogen) atoms. The average Bonchev–Trinajstić information content (AvgIpc) is 2.48. The largest absolute Gasteiger partial charge is 0.368 e. The Morgan fingerprint density at radius 1 is 1.14 bits per heavy atom. The van der Waals surface area contributed by atoms with Crippen LogP contribution in [0.2, 0.25) is 0 Å². The van der Waals surface area contributed by atoms with Crippen LogP contribution < -0.4 is 10.5 Å². The summed E-state index contributed by atoms with van der Waals surface area (Å²) >= 11 is 0. The van der Waals surface area contributed by atoms with Gasteiger partial charge in [0.25, 0.3) is 5.56 Å². The molecule has 0 aliphatic heterocycles. The zero-order valence-electron chi connectivity index (χ0n) is 11.6. The van der Waals surface area contributed by atoms with Crippen molar-refractivity contribution in [3.05, 3.63) is 76.5 Å². The van der Waals surface area contributed by atoms with Gasteiger partial charge < -0.3 is 9.88 Å². The Balaban J connectivity index is 2.00. The van der Waals surface area contributed by atoms with Crippen LogP contribution in [0.1, 0.15) is 5.56 Å². The van der Waals surface area contributed by atoms with E-state index in [0.29, 0.717) is 17.6 Å². The Kier molecular flexibility index (Phi) is 3.44. The monoisotopic (exact) mass is 282 g/mol. The first kappa shape index (κ1) is 13.4. The van der Waals surface area contributed by atoms with Gasteiger partial charge in [-0.25, -0.2) is 4.39 Å². The van der Waals surface area contributed by atoms with Crippen molar-refractivity contribution in [2.75, 3.05) is 11.9 Å². The summed E-state index contributed by atoms with van der Waals surface area (Å²) in [7, 11) is 1.84. The molecule has 0 unspecified atom stereocenters. The summed E-state index contributed by atoms with van der Waals surface area (Å²) in [5.74, 6) is -0.391. The predicted molar refractivity (Wildman–Crippen MR) is 83.1 cm³/mol. The van der Waals surface area contributed by atoms with Gasteiger partial charge in [-0.05, 0) is 29.1 Å². The number of pyridine rings is 1. The smallest absolute Gasteiger partial charge is 0.255 e. The molecule has 0 saturated heterocycles. The summed E-state index contributed by atoms with van der Waals surface area (Å²) < 4.78 is 14.3. The maximum Gasteiger partial charge on any atom is 0.255 e. The fraction of sp³-hybridized carbons (Fsp3) is 0.118. The van der Waals surface area contributed by atoms with Gasteiger partial charge in [-0.2, -0.15) is 0 Å². The Hall–Kier alpha value is -2.62. The molecule has 0 fully saturated rings. The number of rotatable bonds is 3. The number of nitrogens with zero attached hydrogens (tertiary/aromatic N) is 1. The van der Waals surface area contributed by atoms with Crippen molar-refractivity contribution in [3.8, 4) is 0 Å². The van der Waals surface area contributed by atoms with Crippen molar-refractivity contribution >= 4 is 16.5 Å². The summed E-state index contributed by atoms with van der Waals surface area (Å²) in [5, 5.41) is 1.10. The van der Waals surface area contributed by atoms with E-state index >= 15 is 0 Å². The highest BCUT2D eigenvalue weighted by Gasteiger charge is 2.11. The summed E-state index contributed by atoms with van der Waals surface area (Å²) in [6.07, 6.45) is 1.57. The molecule has 0 aliphatic carbocycles. The van der Waals surface area contributed by atoms with E-state index in [4.69, 9.17) is 0 Å². The van der Waals surface area contributed by atoms with Crippen molar-refractivity contribution in [1.29, 1.82) is 0 Å². The molecule has 1 N–H and O–H groups in total. The molecule has 0 spiro atoms. The van der Waals surface area contributed by atoms with Gasteiger partial charge in [0.05, 0.1) is 11.1 Å². The zero-order valence-corrected chi connectivity index (χ0v) is 11.6. The van der Waals surface area contributed by atoms with Gasteiger partial charge in [0.15, 0.2) is 0 Å².